The summed E-state index contributed by atoms with van der Waals surface area (Å²) < 4.78 is 16.5. The molecule has 2 heterocycles. The third kappa shape index (κ3) is 3.79. The second kappa shape index (κ2) is 7.66. The van der Waals surface area contributed by atoms with Gasteiger partial charge in [-0.3, -0.25) is 4.79 Å². The molecule has 6 nitrogen and oxygen atoms in total. The number of rotatable bonds is 5. The molecule has 4 rings (SSSR count). The summed E-state index contributed by atoms with van der Waals surface area (Å²) in [4.78, 5) is 12.8. The number of nitrogens with zero attached hydrogens (tertiary/aromatic N) is 4. The molecule has 0 radical (unpaired) electrons. The van der Waals surface area contributed by atoms with Gasteiger partial charge in [0.2, 0.25) is 0 Å². The quantitative estimate of drug-likeness (QED) is 0.551. The molecule has 0 aliphatic carbocycles. The summed E-state index contributed by atoms with van der Waals surface area (Å²) >= 11 is 5.88. The Bertz CT molecular complexity index is 1090. The summed E-state index contributed by atoms with van der Waals surface area (Å²) in [6.07, 6.45) is 3.61. The lowest BCUT2D eigenvalue weighted by atomic mass is 10.2. The molecular weight excluding hydrogens is 381 g/mol. The first-order valence-electron chi connectivity index (χ1n) is 8.48. The SMILES string of the molecule is O=C(Nc1ccc(Cl)cc1)c1nnn(Cc2ccc(F)cc2)c1-n1cccc1. The van der Waals surface area contributed by atoms with Crippen LogP contribution >= 0.6 is 11.6 Å². The van der Waals surface area contributed by atoms with E-state index in [-0.39, 0.29) is 11.5 Å². The van der Waals surface area contributed by atoms with E-state index in [9.17, 15) is 9.18 Å². The number of amides is 1. The lowest BCUT2D eigenvalue weighted by Gasteiger charge is -2.10. The van der Waals surface area contributed by atoms with Crippen molar-refractivity contribution in [2.45, 2.75) is 6.54 Å². The molecular formula is C20H15ClFN5O. The summed E-state index contributed by atoms with van der Waals surface area (Å²) in [6, 6.07) is 16.6. The molecule has 1 N–H and O–H groups in total. The van der Waals surface area contributed by atoms with Crippen LogP contribution in [0.25, 0.3) is 5.82 Å². The lowest BCUT2D eigenvalue weighted by molar-refractivity contribution is 0.102. The first-order valence-corrected chi connectivity index (χ1v) is 8.86. The van der Waals surface area contributed by atoms with E-state index in [4.69, 9.17) is 11.6 Å². The zero-order valence-electron chi connectivity index (χ0n) is 14.6. The van der Waals surface area contributed by atoms with Gasteiger partial charge in [-0.25, -0.2) is 9.07 Å². The Morgan fingerprint density at radius 2 is 1.71 bits per heavy atom. The average Bonchev–Trinajstić information content (AvgIpc) is 3.35. The Morgan fingerprint density at radius 3 is 2.39 bits per heavy atom. The highest BCUT2D eigenvalue weighted by Crippen LogP contribution is 2.18. The third-order valence-corrected chi connectivity index (χ3v) is 4.37. The molecule has 28 heavy (non-hydrogen) atoms. The van der Waals surface area contributed by atoms with Gasteiger partial charge in [0.05, 0.1) is 6.54 Å². The first-order chi connectivity index (χ1) is 13.6. The van der Waals surface area contributed by atoms with Crippen molar-refractivity contribution in [1.82, 2.24) is 19.6 Å². The van der Waals surface area contributed by atoms with Crippen LogP contribution < -0.4 is 5.32 Å². The molecule has 4 aromatic rings. The molecule has 8 heteroatoms. The van der Waals surface area contributed by atoms with Crippen LogP contribution in [0.2, 0.25) is 5.02 Å². The van der Waals surface area contributed by atoms with Crippen LogP contribution in [-0.2, 0) is 6.54 Å². The monoisotopic (exact) mass is 395 g/mol. The van der Waals surface area contributed by atoms with E-state index in [1.165, 1.54) is 12.1 Å². The van der Waals surface area contributed by atoms with Crippen molar-refractivity contribution in [2.24, 2.45) is 0 Å². The van der Waals surface area contributed by atoms with E-state index in [1.807, 2.05) is 12.1 Å². The Kier molecular flexibility index (Phi) is 4.90. The van der Waals surface area contributed by atoms with E-state index < -0.39 is 5.91 Å². The van der Waals surface area contributed by atoms with Gasteiger partial charge in [0.25, 0.3) is 5.91 Å². The molecule has 0 unspecified atom stereocenters. The van der Waals surface area contributed by atoms with Crippen molar-refractivity contribution in [3.05, 3.63) is 95.2 Å². The van der Waals surface area contributed by atoms with Gasteiger partial charge >= 0.3 is 0 Å². The minimum Gasteiger partial charge on any atom is -0.320 e. The van der Waals surface area contributed by atoms with Crippen molar-refractivity contribution in [2.75, 3.05) is 5.32 Å². The van der Waals surface area contributed by atoms with Gasteiger partial charge in [0.15, 0.2) is 11.5 Å². The second-order valence-electron chi connectivity index (χ2n) is 6.10. The molecule has 2 aromatic heterocycles. The Labute approximate surface area is 165 Å². The van der Waals surface area contributed by atoms with Crippen LogP contribution in [0.5, 0.6) is 0 Å². The van der Waals surface area contributed by atoms with Gasteiger partial charge in [-0.1, -0.05) is 28.9 Å². The van der Waals surface area contributed by atoms with E-state index in [2.05, 4.69) is 15.6 Å². The van der Waals surface area contributed by atoms with Gasteiger partial charge in [-0.15, -0.1) is 5.10 Å². The van der Waals surface area contributed by atoms with E-state index in [0.717, 1.165) is 5.56 Å². The fraction of sp³-hybridized carbons (Fsp3) is 0.0500. The topological polar surface area (TPSA) is 64.7 Å². The van der Waals surface area contributed by atoms with E-state index in [1.54, 1.807) is 58.0 Å². The Hall–Kier alpha value is -3.45. The number of hydrogen-bond acceptors (Lipinski definition) is 3. The smallest absolute Gasteiger partial charge is 0.280 e. The summed E-state index contributed by atoms with van der Waals surface area (Å²) in [5, 5.41) is 11.6. The number of anilines is 1. The predicted octanol–water partition coefficient (Wildman–Crippen LogP) is 4.16. The molecule has 0 saturated heterocycles. The molecule has 0 saturated carbocycles. The Morgan fingerprint density at radius 1 is 1.04 bits per heavy atom. The van der Waals surface area contributed by atoms with Gasteiger partial charge in [0.1, 0.15) is 5.82 Å². The number of nitrogens with one attached hydrogen (secondary N) is 1. The summed E-state index contributed by atoms with van der Waals surface area (Å²) in [5.41, 5.74) is 1.61. The number of carbonyl (C=O) groups excluding carboxylic acids is 1. The largest absolute Gasteiger partial charge is 0.320 e. The fourth-order valence-electron chi connectivity index (χ4n) is 2.78. The number of hydrogen-bond donors (Lipinski definition) is 1. The van der Waals surface area contributed by atoms with Crippen molar-refractivity contribution < 1.29 is 9.18 Å². The van der Waals surface area contributed by atoms with Crippen LogP contribution in [-0.4, -0.2) is 25.5 Å². The van der Waals surface area contributed by atoms with Crippen molar-refractivity contribution in [1.29, 1.82) is 0 Å². The third-order valence-electron chi connectivity index (χ3n) is 4.12. The molecule has 2 aromatic carbocycles. The highest BCUT2D eigenvalue weighted by Gasteiger charge is 2.21. The van der Waals surface area contributed by atoms with Crippen LogP contribution in [0.15, 0.2) is 73.1 Å². The average molecular weight is 396 g/mol. The van der Waals surface area contributed by atoms with Crippen molar-refractivity contribution in [3.63, 3.8) is 0 Å². The predicted molar refractivity (Wildman–Crippen MR) is 104 cm³/mol. The lowest BCUT2D eigenvalue weighted by Crippen LogP contribution is -2.16. The second-order valence-corrected chi connectivity index (χ2v) is 6.53. The van der Waals surface area contributed by atoms with Crippen LogP contribution in [0.3, 0.4) is 0 Å². The molecule has 0 aliphatic rings. The first kappa shape index (κ1) is 17.9. The minimum absolute atomic E-state index is 0.174. The maximum Gasteiger partial charge on any atom is 0.280 e. The number of carbonyl (C=O) groups is 1. The Balaban J connectivity index is 1.67. The molecule has 0 spiro atoms. The maximum absolute atomic E-state index is 13.2. The van der Waals surface area contributed by atoms with Crippen LogP contribution in [0, 0.1) is 5.82 Å². The van der Waals surface area contributed by atoms with E-state index in [0.29, 0.717) is 23.1 Å². The van der Waals surface area contributed by atoms with E-state index >= 15 is 0 Å². The van der Waals surface area contributed by atoms with Gasteiger partial charge in [-0.05, 0) is 54.1 Å². The highest BCUT2D eigenvalue weighted by atomic mass is 35.5. The summed E-state index contributed by atoms with van der Waals surface area (Å²) in [5.74, 6) is -0.187. The van der Waals surface area contributed by atoms with Crippen LogP contribution in [0.4, 0.5) is 10.1 Å². The molecule has 140 valence electrons. The van der Waals surface area contributed by atoms with Crippen LogP contribution in [0.1, 0.15) is 16.1 Å². The zero-order chi connectivity index (χ0) is 19.5. The molecule has 0 bridgehead atoms. The minimum atomic E-state index is -0.392. The van der Waals surface area contributed by atoms with Crippen molar-refractivity contribution in [3.8, 4) is 5.82 Å². The van der Waals surface area contributed by atoms with Gasteiger partial charge < -0.3 is 9.88 Å². The number of halogens is 2. The molecule has 0 atom stereocenters. The van der Waals surface area contributed by atoms with Gasteiger partial charge in [0, 0.05) is 23.1 Å². The zero-order valence-corrected chi connectivity index (χ0v) is 15.3. The molecule has 1 amide bonds. The highest BCUT2D eigenvalue weighted by molar-refractivity contribution is 6.30. The number of benzene rings is 2. The normalized spacial score (nSPS) is 10.8. The molecule has 0 fully saturated rings. The van der Waals surface area contributed by atoms with Crippen molar-refractivity contribution >= 4 is 23.2 Å². The fourth-order valence-corrected chi connectivity index (χ4v) is 2.91. The van der Waals surface area contributed by atoms with Gasteiger partial charge in [-0.2, -0.15) is 0 Å². The summed E-state index contributed by atoms with van der Waals surface area (Å²) in [7, 11) is 0. The standard InChI is InChI=1S/C20H15ClFN5O/c21-15-5-9-17(10-6-15)23-19(28)18-20(26-11-1-2-12-26)27(25-24-18)13-14-3-7-16(22)8-4-14/h1-12H,13H2,(H,23,28). The maximum atomic E-state index is 13.2. The number of aromatic nitrogens is 4. The summed E-state index contributed by atoms with van der Waals surface area (Å²) in [6.45, 7) is 0.342. The molecule has 0 aliphatic heterocycles.